The fourth-order valence-electron chi connectivity index (χ4n) is 1.33. The van der Waals surface area contributed by atoms with Gasteiger partial charge in [-0.05, 0) is 31.6 Å². The molecule has 0 amide bonds. The van der Waals surface area contributed by atoms with E-state index in [1.54, 1.807) is 0 Å². The highest BCUT2D eigenvalue weighted by atomic mass is 79.9. The van der Waals surface area contributed by atoms with Crippen LogP contribution in [0.3, 0.4) is 0 Å². The molecule has 3 heteroatoms. The lowest BCUT2D eigenvalue weighted by Gasteiger charge is -2.16. The Morgan fingerprint density at radius 1 is 1.29 bits per heavy atom. The molecule has 0 unspecified atom stereocenters. The Balaban J connectivity index is 2.47. The smallest absolute Gasteiger partial charge is 0.0241 e. The van der Waals surface area contributed by atoms with Crippen LogP contribution in [0.1, 0.15) is 12.0 Å². The first-order valence-corrected chi connectivity index (χ1v) is 6.63. The number of alkyl halides is 1. The first-order chi connectivity index (χ1) is 6.74. The van der Waals surface area contributed by atoms with E-state index in [0.717, 1.165) is 18.4 Å². The van der Waals surface area contributed by atoms with E-state index in [1.807, 2.05) is 6.07 Å². The van der Waals surface area contributed by atoms with Crippen molar-refractivity contribution in [3.8, 4) is 0 Å². The van der Waals surface area contributed by atoms with Gasteiger partial charge >= 0.3 is 0 Å². The Kier molecular flexibility index (Phi) is 5.75. The first kappa shape index (κ1) is 12.2. The third-order valence-corrected chi connectivity index (χ3v) is 3.41. The molecule has 0 spiro atoms. The number of nitrogens with zero attached hydrogens (tertiary/aromatic N) is 1. The van der Waals surface area contributed by atoms with Gasteiger partial charge in [-0.1, -0.05) is 50.1 Å². The zero-order valence-electron chi connectivity index (χ0n) is 8.34. The topological polar surface area (TPSA) is 3.24 Å². The molecule has 0 aromatic heterocycles. The second-order valence-corrected chi connectivity index (χ2v) is 5.02. The van der Waals surface area contributed by atoms with Gasteiger partial charge < -0.3 is 4.90 Å². The third kappa shape index (κ3) is 4.11. The average Bonchev–Trinajstić information content (AvgIpc) is 2.18. The van der Waals surface area contributed by atoms with Crippen LogP contribution >= 0.6 is 31.9 Å². The van der Waals surface area contributed by atoms with Crippen LogP contribution in [0, 0.1) is 0 Å². The Morgan fingerprint density at radius 2 is 2.00 bits per heavy atom. The minimum absolute atomic E-state index is 1.01. The van der Waals surface area contributed by atoms with Crippen molar-refractivity contribution in [1.29, 1.82) is 0 Å². The normalized spacial score (nSPS) is 10.9. The van der Waals surface area contributed by atoms with Crippen molar-refractivity contribution in [2.75, 3.05) is 18.9 Å². The Labute approximate surface area is 103 Å². The lowest BCUT2D eigenvalue weighted by molar-refractivity contribution is 0.328. The summed E-state index contributed by atoms with van der Waals surface area (Å²) in [5.74, 6) is 0. The van der Waals surface area contributed by atoms with Gasteiger partial charge in [0.25, 0.3) is 0 Å². The molecule has 1 rings (SSSR count). The molecule has 0 saturated heterocycles. The third-order valence-electron chi connectivity index (χ3n) is 2.07. The molecule has 0 fully saturated rings. The summed E-state index contributed by atoms with van der Waals surface area (Å²) in [5, 5.41) is 1.08. The van der Waals surface area contributed by atoms with Gasteiger partial charge in [0.2, 0.25) is 0 Å². The van der Waals surface area contributed by atoms with E-state index in [4.69, 9.17) is 0 Å². The Bertz CT molecular complexity index is 276. The molecule has 14 heavy (non-hydrogen) atoms. The van der Waals surface area contributed by atoms with Crippen LogP contribution in [0.15, 0.2) is 28.7 Å². The van der Waals surface area contributed by atoms with Gasteiger partial charge in [-0.25, -0.2) is 0 Å². The number of hydrogen-bond donors (Lipinski definition) is 0. The fourth-order valence-corrected chi connectivity index (χ4v) is 1.99. The van der Waals surface area contributed by atoms with Crippen molar-refractivity contribution in [1.82, 2.24) is 4.90 Å². The van der Waals surface area contributed by atoms with Crippen molar-refractivity contribution in [3.63, 3.8) is 0 Å². The van der Waals surface area contributed by atoms with Crippen molar-refractivity contribution in [3.05, 3.63) is 34.3 Å². The summed E-state index contributed by atoms with van der Waals surface area (Å²) in [6.07, 6.45) is 1.20. The fraction of sp³-hybridized carbons (Fsp3) is 0.455. The van der Waals surface area contributed by atoms with Crippen LogP contribution in [0.25, 0.3) is 0 Å². The van der Waals surface area contributed by atoms with Crippen molar-refractivity contribution < 1.29 is 0 Å². The summed E-state index contributed by atoms with van der Waals surface area (Å²) in [6, 6.07) is 8.38. The molecule has 1 nitrogen and oxygen atoms in total. The molecular weight excluding hydrogens is 306 g/mol. The van der Waals surface area contributed by atoms with Crippen LogP contribution < -0.4 is 0 Å². The predicted octanol–water partition coefficient (Wildman–Crippen LogP) is 3.67. The second kappa shape index (κ2) is 6.59. The van der Waals surface area contributed by atoms with Crippen LogP contribution in [0.2, 0.25) is 0 Å². The Morgan fingerprint density at radius 3 is 2.64 bits per heavy atom. The van der Waals surface area contributed by atoms with E-state index < -0.39 is 0 Å². The first-order valence-electron chi connectivity index (χ1n) is 4.72. The van der Waals surface area contributed by atoms with E-state index >= 15 is 0 Å². The largest absolute Gasteiger partial charge is 0.302 e. The molecule has 1 aromatic rings. The molecule has 0 saturated carbocycles. The molecule has 0 aliphatic rings. The predicted molar refractivity (Wildman–Crippen MR) is 68.9 cm³/mol. The summed E-state index contributed by atoms with van der Waals surface area (Å²) in [7, 11) is 2.15. The van der Waals surface area contributed by atoms with E-state index in [0.29, 0.717) is 0 Å². The monoisotopic (exact) mass is 319 g/mol. The summed E-state index contributed by atoms with van der Waals surface area (Å²) in [4.78, 5) is 2.33. The van der Waals surface area contributed by atoms with Gasteiger partial charge in [0.15, 0.2) is 0 Å². The molecule has 0 N–H and O–H groups in total. The minimum Gasteiger partial charge on any atom is -0.302 e. The van der Waals surface area contributed by atoms with Crippen molar-refractivity contribution in [2.24, 2.45) is 0 Å². The summed E-state index contributed by atoms with van der Waals surface area (Å²) in [5.41, 5.74) is 1.35. The molecule has 0 heterocycles. The number of rotatable bonds is 5. The van der Waals surface area contributed by atoms with E-state index in [1.165, 1.54) is 16.5 Å². The lowest BCUT2D eigenvalue weighted by Crippen LogP contribution is -2.19. The van der Waals surface area contributed by atoms with Crippen LogP contribution in [-0.2, 0) is 6.54 Å². The molecular formula is C11H15Br2N. The van der Waals surface area contributed by atoms with Crippen molar-refractivity contribution in [2.45, 2.75) is 13.0 Å². The van der Waals surface area contributed by atoms with Crippen LogP contribution in [0.5, 0.6) is 0 Å². The van der Waals surface area contributed by atoms with Gasteiger partial charge in [-0.2, -0.15) is 0 Å². The highest BCUT2D eigenvalue weighted by Crippen LogP contribution is 2.17. The van der Waals surface area contributed by atoms with Crippen molar-refractivity contribution >= 4 is 31.9 Å². The van der Waals surface area contributed by atoms with Gasteiger partial charge in [-0.15, -0.1) is 0 Å². The zero-order chi connectivity index (χ0) is 10.4. The molecule has 0 aliphatic carbocycles. The maximum atomic E-state index is 3.56. The molecule has 0 bridgehead atoms. The van der Waals surface area contributed by atoms with Crippen LogP contribution in [-0.4, -0.2) is 23.8 Å². The maximum absolute atomic E-state index is 3.56. The van der Waals surface area contributed by atoms with E-state index in [2.05, 4.69) is 62.0 Å². The molecule has 0 aliphatic heterocycles. The Hall–Kier alpha value is 0.140. The van der Waals surface area contributed by atoms with Gasteiger partial charge in [0.05, 0.1) is 0 Å². The minimum atomic E-state index is 1.01. The number of benzene rings is 1. The SMILES string of the molecule is CN(CCCBr)Cc1ccccc1Br. The van der Waals surface area contributed by atoms with E-state index in [9.17, 15) is 0 Å². The number of halogens is 2. The lowest BCUT2D eigenvalue weighted by atomic mass is 10.2. The highest BCUT2D eigenvalue weighted by Gasteiger charge is 2.02. The quantitative estimate of drug-likeness (QED) is 0.748. The summed E-state index contributed by atoms with van der Waals surface area (Å²) < 4.78 is 1.20. The zero-order valence-corrected chi connectivity index (χ0v) is 11.5. The maximum Gasteiger partial charge on any atom is 0.0241 e. The molecule has 0 atom stereocenters. The summed E-state index contributed by atoms with van der Waals surface area (Å²) >= 11 is 7.00. The van der Waals surface area contributed by atoms with Gasteiger partial charge in [0.1, 0.15) is 0 Å². The molecule has 78 valence electrons. The van der Waals surface area contributed by atoms with Gasteiger partial charge in [0, 0.05) is 16.3 Å². The number of hydrogen-bond acceptors (Lipinski definition) is 1. The molecule has 1 aromatic carbocycles. The summed E-state index contributed by atoms with van der Waals surface area (Å²) in [6.45, 7) is 2.14. The van der Waals surface area contributed by atoms with Gasteiger partial charge in [-0.3, -0.25) is 0 Å². The average molecular weight is 321 g/mol. The second-order valence-electron chi connectivity index (χ2n) is 3.37. The standard InChI is InChI=1S/C11H15Br2N/c1-14(8-4-7-12)9-10-5-2-3-6-11(10)13/h2-3,5-6H,4,7-9H2,1H3. The highest BCUT2D eigenvalue weighted by molar-refractivity contribution is 9.10. The van der Waals surface area contributed by atoms with E-state index in [-0.39, 0.29) is 0 Å². The molecule has 0 radical (unpaired) electrons. The van der Waals surface area contributed by atoms with Crippen LogP contribution in [0.4, 0.5) is 0 Å².